The highest BCUT2D eigenvalue weighted by molar-refractivity contribution is 6.07. The number of likely N-dealkylation sites (tertiary alicyclic amines) is 1. The monoisotopic (exact) mass is 576 g/mol. The van der Waals surface area contributed by atoms with E-state index in [0.717, 1.165) is 49.1 Å². The number of carbonyl (C=O) groups excluding carboxylic acids is 3. The minimum absolute atomic E-state index is 0.0628. The van der Waals surface area contributed by atoms with Crippen LogP contribution < -0.4 is 16.3 Å². The van der Waals surface area contributed by atoms with Crippen LogP contribution >= 0.6 is 0 Å². The molecule has 1 saturated carbocycles. The van der Waals surface area contributed by atoms with Crippen LogP contribution in [-0.4, -0.2) is 61.6 Å². The van der Waals surface area contributed by atoms with Crippen molar-refractivity contribution in [3.63, 3.8) is 0 Å². The first kappa shape index (κ1) is 28.3. The number of nitrogens with one attached hydrogen (secondary N) is 3. The summed E-state index contributed by atoms with van der Waals surface area (Å²) in [5.41, 5.74) is 1.97. The summed E-state index contributed by atoms with van der Waals surface area (Å²) < 4.78 is 15.5. The Bertz CT molecular complexity index is 1590. The molecule has 0 bridgehead atoms. The van der Waals surface area contributed by atoms with E-state index in [4.69, 9.17) is 0 Å². The number of nitrogens with zero attached hydrogens (tertiary/aromatic N) is 3. The van der Waals surface area contributed by atoms with E-state index in [0.29, 0.717) is 31.3 Å². The molecule has 11 heteroatoms. The molecule has 2 aromatic carbocycles. The second kappa shape index (κ2) is 10.8. The van der Waals surface area contributed by atoms with Crippen molar-refractivity contribution in [2.75, 3.05) is 13.1 Å². The predicted octanol–water partition coefficient (Wildman–Crippen LogP) is 3.53. The minimum Gasteiger partial charge on any atom is -0.390 e. The Morgan fingerprint density at radius 3 is 2.38 bits per heavy atom. The SMILES string of the molecule is CC(C)(O)C1CCN(Cc2ccc3[nH]/c(=N\C(=O)c4ccc(F)cc4)n([C@H]4CC[C@]5(CC4)NC(=O)NC5=O)c3c2)CC1. The number of urea groups is 1. The summed E-state index contributed by atoms with van der Waals surface area (Å²) in [5.74, 6) is -0.919. The number of carbonyl (C=O) groups is 3. The third-order valence-corrected chi connectivity index (χ3v) is 9.28. The Labute approximate surface area is 243 Å². The molecular weight excluding hydrogens is 539 g/mol. The van der Waals surface area contributed by atoms with E-state index in [1.54, 1.807) is 0 Å². The number of aliphatic hydroxyl groups is 1. The van der Waals surface area contributed by atoms with Crippen LogP contribution in [0.2, 0.25) is 0 Å². The number of aromatic nitrogens is 2. The molecule has 3 aliphatic rings. The molecule has 3 aromatic rings. The lowest BCUT2D eigenvalue weighted by molar-refractivity contribution is -0.125. The Morgan fingerprint density at radius 1 is 1.07 bits per heavy atom. The number of H-pyrrole nitrogens is 1. The van der Waals surface area contributed by atoms with Crippen molar-refractivity contribution < 1.29 is 23.9 Å². The maximum atomic E-state index is 13.5. The molecule has 2 aliphatic heterocycles. The minimum atomic E-state index is -0.901. The molecular formula is C31H37FN6O4. The van der Waals surface area contributed by atoms with Gasteiger partial charge in [-0.15, -0.1) is 0 Å². The van der Waals surface area contributed by atoms with Gasteiger partial charge in [0.15, 0.2) is 0 Å². The van der Waals surface area contributed by atoms with Crippen molar-refractivity contribution in [1.82, 2.24) is 25.1 Å². The van der Waals surface area contributed by atoms with Gasteiger partial charge in [0.2, 0.25) is 5.62 Å². The summed E-state index contributed by atoms with van der Waals surface area (Å²) >= 11 is 0. The van der Waals surface area contributed by atoms with Crippen molar-refractivity contribution in [3.05, 3.63) is 65.0 Å². The van der Waals surface area contributed by atoms with Gasteiger partial charge >= 0.3 is 6.03 Å². The van der Waals surface area contributed by atoms with Gasteiger partial charge in [-0.1, -0.05) is 6.07 Å². The van der Waals surface area contributed by atoms with E-state index < -0.39 is 28.9 Å². The Morgan fingerprint density at radius 2 is 1.76 bits per heavy atom. The van der Waals surface area contributed by atoms with Crippen LogP contribution in [0.1, 0.15) is 74.3 Å². The number of imidazole rings is 1. The molecule has 42 heavy (non-hydrogen) atoms. The number of imide groups is 1. The predicted molar refractivity (Wildman–Crippen MR) is 154 cm³/mol. The fourth-order valence-electron chi connectivity index (χ4n) is 6.77. The van der Waals surface area contributed by atoms with Gasteiger partial charge in [0.05, 0.1) is 16.6 Å². The van der Waals surface area contributed by atoms with Crippen molar-refractivity contribution in [2.45, 2.75) is 76.1 Å². The highest BCUT2D eigenvalue weighted by atomic mass is 19.1. The molecule has 0 atom stereocenters. The number of fused-ring (bicyclic) bond motifs is 1. The number of benzene rings is 2. The van der Waals surface area contributed by atoms with Crippen molar-refractivity contribution in [2.24, 2.45) is 10.9 Å². The molecule has 3 heterocycles. The van der Waals surface area contributed by atoms with Gasteiger partial charge < -0.3 is 20.0 Å². The van der Waals surface area contributed by atoms with Crippen LogP contribution in [-0.2, 0) is 11.3 Å². The third-order valence-electron chi connectivity index (χ3n) is 9.28. The number of hydrogen-bond acceptors (Lipinski definition) is 5. The summed E-state index contributed by atoms with van der Waals surface area (Å²) in [5, 5.41) is 15.6. The Balaban J connectivity index is 1.32. The highest BCUT2D eigenvalue weighted by Crippen LogP contribution is 2.37. The molecule has 1 aliphatic carbocycles. The molecule has 1 aromatic heterocycles. The first-order chi connectivity index (χ1) is 20.0. The van der Waals surface area contributed by atoms with E-state index in [9.17, 15) is 23.9 Å². The van der Waals surface area contributed by atoms with Gasteiger partial charge in [0.1, 0.15) is 11.4 Å². The molecule has 0 radical (unpaired) electrons. The molecule has 3 fully saturated rings. The lowest BCUT2D eigenvalue weighted by Gasteiger charge is -2.37. The molecule has 2 saturated heterocycles. The summed E-state index contributed by atoms with van der Waals surface area (Å²) in [6.07, 6.45) is 4.03. The van der Waals surface area contributed by atoms with Gasteiger partial charge in [-0.25, -0.2) is 9.18 Å². The standard InChI is InChI=1S/C31H37FN6O4/c1-30(2,42)21-11-15-37(16-12-21)18-19-3-8-24-25(17-19)38(23-9-13-31(14-10-23)27(40)35-29(41)36-31)28(33-24)34-26(39)20-4-6-22(32)7-5-20/h3-8,17,21,23,42H,9-16,18H2,1-2H3,(H,33,34,39)(H2,35,36,40,41)/t23-,31+. The number of hydrogen-bond donors (Lipinski definition) is 4. The molecule has 222 valence electrons. The largest absolute Gasteiger partial charge is 0.390 e. The van der Waals surface area contributed by atoms with Crippen LogP contribution in [0.25, 0.3) is 11.0 Å². The van der Waals surface area contributed by atoms with Gasteiger partial charge in [0, 0.05) is 18.2 Å². The molecule has 10 nitrogen and oxygen atoms in total. The zero-order valence-corrected chi connectivity index (χ0v) is 24.0. The van der Waals surface area contributed by atoms with Crippen LogP contribution in [0, 0.1) is 11.7 Å². The molecule has 1 spiro atoms. The summed E-state index contributed by atoms with van der Waals surface area (Å²) in [7, 11) is 0. The van der Waals surface area contributed by atoms with Gasteiger partial charge in [-0.05, 0) is 113 Å². The molecule has 0 unspecified atom stereocenters. The third kappa shape index (κ3) is 5.50. The number of aromatic amines is 1. The number of piperidine rings is 1. The zero-order valence-electron chi connectivity index (χ0n) is 24.0. The Hall–Kier alpha value is -3.83. The number of rotatable bonds is 5. The topological polar surface area (TPSA) is 132 Å². The summed E-state index contributed by atoms with van der Waals surface area (Å²) in [6.45, 7) is 6.35. The van der Waals surface area contributed by atoms with E-state index in [-0.39, 0.29) is 23.4 Å². The van der Waals surface area contributed by atoms with Gasteiger partial charge in [0.25, 0.3) is 11.8 Å². The van der Waals surface area contributed by atoms with Crippen LogP contribution in [0.5, 0.6) is 0 Å². The van der Waals surface area contributed by atoms with Gasteiger partial charge in [-0.3, -0.25) is 19.8 Å². The fraction of sp³-hybridized carbons (Fsp3) is 0.484. The Kier molecular flexibility index (Phi) is 7.26. The highest BCUT2D eigenvalue weighted by Gasteiger charge is 2.48. The molecule has 4 amide bonds. The lowest BCUT2D eigenvalue weighted by atomic mass is 9.79. The maximum absolute atomic E-state index is 13.5. The number of amides is 4. The van der Waals surface area contributed by atoms with E-state index in [1.165, 1.54) is 24.3 Å². The first-order valence-corrected chi connectivity index (χ1v) is 14.7. The zero-order chi connectivity index (χ0) is 29.6. The first-order valence-electron chi connectivity index (χ1n) is 14.7. The fourth-order valence-corrected chi connectivity index (χ4v) is 6.77. The molecule has 6 rings (SSSR count). The second-order valence-corrected chi connectivity index (χ2v) is 12.5. The normalized spacial score (nSPS) is 24.4. The van der Waals surface area contributed by atoms with Crippen LogP contribution in [0.15, 0.2) is 47.5 Å². The average Bonchev–Trinajstić information content (AvgIpc) is 3.44. The number of halogens is 1. The van der Waals surface area contributed by atoms with Crippen molar-refractivity contribution in [3.8, 4) is 0 Å². The average molecular weight is 577 g/mol. The lowest BCUT2D eigenvalue weighted by Crippen LogP contribution is -2.50. The maximum Gasteiger partial charge on any atom is 0.322 e. The smallest absolute Gasteiger partial charge is 0.322 e. The summed E-state index contributed by atoms with van der Waals surface area (Å²) in [6, 6.07) is 11.0. The van der Waals surface area contributed by atoms with E-state index >= 15 is 0 Å². The quantitative estimate of drug-likeness (QED) is 0.345. The summed E-state index contributed by atoms with van der Waals surface area (Å²) in [4.78, 5) is 47.7. The van der Waals surface area contributed by atoms with E-state index in [2.05, 4.69) is 37.6 Å². The van der Waals surface area contributed by atoms with Gasteiger partial charge in [-0.2, -0.15) is 4.99 Å². The second-order valence-electron chi connectivity index (χ2n) is 12.5. The molecule has 4 N–H and O–H groups in total. The van der Waals surface area contributed by atoms with Crippen molar-refractivity contribution in [1.29, 1.82) is 0 Å². The van der Waals surface area contributed by atoms with E-state index in [1.807, 2.05) is 24.5 Å². The van der Waals surface area contributed by atoms with Crippen LogP contribution in [0.3, 0.4) is 0 Å². The van der Waals surface area contributed by atoms with Crippen LogP contribution in [0.4, 0.5) is 9.18 Å². The van der Waals surface area contributed by atoms with Crippen molar-refractivity contribution >= 4 is 28.9 Å².